The van der Waals surface area contributed by atoms with Gasteiger partial charge in [-0.05, 0) is 13.0 Å². The van der Waals surface area contributed by atoms with Gasteiger partial charge in [0.05, 0.1) is 0 Å². The summed E-state index contributed by atoms with van der Waals surface area (Å²) in [4.78, 5) is 0. The fourth-order valence-electron chi connectivity index (χ4n) is 0.214. The van der Waals surface area contributed by atoms with Gasteiger partial charge >= 0.3 is 0 Å². The molecule has 0 aromatic carbocycles. The van der Waals surface area contributed by atoms with Crippen molar-refractivity contribution in [2.45, 2.75) is 6.92 Å². The van der Waals surface area contributed by atoms with Gasteiger partial charge in [0.2, 0.25) is 0 Å². The maximum atomic E-state index is 5.12. The molecule has 0 spiro atoms. The highest BCUT2D eigenvalue weighted by Gasteiger charge is 1.72. The molecule has 0 unspecified atom stereocenters. The SMILES string of the molecule is C/C=C/C(N)=N/N. The first kappa shape index (κ1) is 6.01. The Morgan fingerprint density at radius 2 is 2.29 bits per heavy atom. The Kier molecular flexibility index (Phi) is 2.76. The van der Waals surface area contributed by atoms with Crippen molar-refractivity contribution in [1.29, 1.82) is 0 Å². The Morgan fingerprint density at radius 3 is 2.43 bits per heavy atom. The van der Waals surface area contributed by atoms with Crippen molar-refractivity contribution in [3.8, 4) is 0 Å². The van der Waals surface area contributed by atoms with Gasteiger partial charge < -0.3 is 11.6 Å². The van der Waals surface area contributed by atoms with Gasteiger partial charge in [0.1, 0.15) is 5.84 Å². The van der Waals surface area contributed by atoms with E-state index in [2.05, 4.69) is 5.10 Å². The molecule has 0 saturated carbocycles. The average Bonchev–Trinajstić information content (AvgIpc) is 1.68. The maximum Gasteiger partial charge on any atom is 0.142 e. The van der Waals surface area contributed by atoms with Crippen molar-refractivity contribution >= 4 is 5.84 Å². The Morgan fingerprint density at radius 1 is 1.71 bits per heavy atom. The smallest absolute Gasteiger partial charge is 0.142 e. The highest BCUT2D eigenvalue weighted by molar-refractivity contribution is 5.90. The first-order valence-electron chi connectivity index (χ1n) is 1.97. The Hall–Kier alpha value is -0.990. The van der Waals surface area contributed by atoms with Crippen LogP contribution in [0.1, 0.15) is 6.92 Å². The standard InChI is InChI=1S/C4H9N3/c1-2-3-4(5)7-6/h2-3H,6H2,1H3,(H2,5,7)/b3-2+. The average molecular weight is 99.1 g/mol. The molecule has 0 atom stereocenters. The molecule has 0 radical (unpaired) electrons. The molecule has 0 heterocycles. The number of nitrogens with zero attached hydrogens (tertiary/aromatic N) is 1. The quantitative estimate of drug-likeness (QED) is 0.207. The lowest BCUT2D eigenvalue weighted by Gasteiger charge is -1.81. The largest absolute Gasteiger partial charge is 0.382 e. The van der Waals surface area contributed by atoms with Crippen LogP contribution in [0.5, 0.6) is 0 Å². The minimum Gasteiger partial charge on any atom is -0.382 e. The van der Waals surface area contributed by atoms with Crippen LogP contribution in [0.25, 0.3) is 0 Å². The first-order valence-corrected chi connectivity index (χ1v) is 1.97. The number of amidine groups is 1. The summed E-state index contributed by atoms with van der Waals surface area (Å²) in [6, 6.07) is 0. The van der Waals surface area contributed by atoms with Gasteiger partial charge in [0, 0.05) is 0 Å². The summed E-state index contributed by atoms with van der Waals surface area (Å²) in [6.07, 6.45) is 3.39. The molecule has 7 heavy (non-hydrogen) atoms. The van der Waals surface area contributed by atoms with Crippen LogP contribution in [0.15, 0.2) is 17.3 Å². The lowest BCUT2D eigenvalue weighted by molar-refractivity contribution is 1.24. The minimum atomic E-state index is 0.350. The zero-order valence-corrected chi connectivity index (χ0v) is 4.26. The zero-order valence-electron chi connectivity index (χ0n) is 4.26. The Labute approximate surface area is 42.7 Å². The monoisotopic (exact) mass is 99.1 g/mol. The van der Waals surface area contributed by atoms with Crippen LogP contribution in [0.2, 0.25) is 0 Å². The molecule has 0 bridgehead atoms. The molecule has 0 amide bonds. The van der Waals surface area contributed by atoms with E-state index < -0.39 is 0 Å². The summed E-state index contributed by atoms with van der Waals surface area (Å²) in [7, 11) is 0. The first-order chi connectivity index (χ1) is 3.31. The maximum absolute atomic E-state index is 5.12. The third-order valence-corrected chi connectivity index (χ3v) is 0.486. The summed E-state index contributed by atoms with van der Waals surface area (Å²) in [5.74, 6) is 5.12. The van der Waals surface area contributed by atoms with E-state index in [1.807, 2.05) is 6.92 Å². The van der Waals surface area contributed by atoms with E-state index in [4.69, 9.17) is 11.6 Å². The molecule has 0 aliphatic carbocycles. The predicted molar refractivity (Wildman–Crippen MR) is 30.6 cm³/mol. The molecule has 4 N–H and O–H groups in total. The molecule has 0 aliphatic heterocycles. The molecule has 0 rings (SSSR count). The summed E-state index contributed by atoms with van der Waals surface area (Å²) < 4.78 is 0. The van der Waals surface area contributed by atoms with Gasteiger partial charge in [-0.2, -0.15) is 5.10 Å². The van der Waals surface area contributed by atoms with E-state index >= 15 is 0 Å². The molecular weight excluding hydrogens is 90.1 g/mol. The lowest BCUT2D eigenvalue weighted by atomic mass is 10.5. The van der Waals surface area contributed by atoms with Crippen LogP contribution in [0.4, 0.5) is 0 Å². The van der Waals surface area contributed by atoms with Crippen LogP contribution in [-0.4, -0.2) is 5.84 Å². The molecule has 0 saturated heterocycles. The van der Waals surface area contributed by atoms with Crippen molar-refractivity contribution in [3.63, 3.8) is 0 Å². The van der Waals surface area contributed by atoms with E-state index in [1.165, 1.54) is 0 Å². The highest BCUT2D eigenvalue weighted by atomic mass is 15.1. The van der Waals surface area contributed by atoms with Crippen molar-refractivity contribution in [3.05, 3.63) is 12.2 Å². The van der Waals surface area contributed by atoms with E-state index in [0.29, 0.717) is 5.84 Å². The number of hydrogen-bond donors (Lipinski definition) is 2. The van der Waals surface area contributed by atoms with Gasteiger partial charge in [-0.3, -0.25) is 0 Å². The van der Waals surface area contributed by atoms with Gasteiger partial charge in [0.25, 0.3) is 0 Å². The molecule has 0 aromatic heterocycles. The van der Waals surface area contributed by atoms with Crippen molar-refractivity contribution in [2.24, 2.45) is 16.7 Å². The van der Waals surface area contributed by atoms with Crippen LogP contribution >= 0.6 is 0 Å². The van der Waals surface area contributed by atoms with E-state index in [1.54, 1.807) is 12.2 Å². The fourth-order valence-corrected chi connectivity index (χ4v) is 0.214. The van der Waals surface area contributed by atoms with E-state index in [-0.39, 0.29) is 0 Å². The van der Waals surface area contributed by atoms with Gasteiger partial charge in [-0.1, -0.05) is 6.08 Å². The summed E-state index contributed by atoms with van der Waals surface area (Å²) >= 11 is 0. The summed E-state index contributed by atoms with van der Waals surface area (Å²) in [6.45, 7) is 1.85. The second-order valence-corrected chi connectivity index (χ2v) is 1.05. The second kappa shape index (κ2) is 3.21. The number of allylic oxidation sites excluding steroid dienone is 1. The minimum absolute atomic E-state index is 0.350. The molecule has 3 heteroatoms. The van der Waals surface area contributed by atoms with Gasteiger partial charge in [-0.15, -0.1) is 0 Å². The van der Waals surface area contributed by atoms with Gasteiger partial charge in [0.15, 0.2) is 0 Å². The van der Waals surface area contributed by atoms with Crippen molar-refractivity contribution in [1.82, 2.24) is 0 Å². The third kappa shape index (κ3) is 2.82. The van der Waals surface area contributed by atoms with E-state index in [9.17, 15) is 0 Å². The predicted octanol–water partition coefficient (Wildman–Crippen LogP) is -0.207. The van der Waals surface area contributed by atoms with Crippen LogP contribution in [-0.2, 0) is 0 Å². The van der Waals surface area contributed by atoms with Crippen molar-refractivity contribution in [2.75, 3.05) is 0 Å². The molecule has 0 aromatic rings. The molecular formula is C4H9N3. The number of hydrogen-bond acceptors (Lipinski definition) is 2. The molecule has 40 valence electrons. The number of rotatable bonds is 1. The normalized spacial score (nSPS) is 13.0. The van der Waals surface area contributed by atoms with Crippen LogP contribution in [0, 0.1) is 0 Å². The highest BCUT2D eigenvalue weighted by Crippen LogP contribution is 1.66. The Bertz CT molecular complexity index is 93.1. The van der Waals surface area contributed by atoms with Gasteiger partial charge in [-0.25, -0.2) is 0 Å². The molecule has 0 fully saturated rings. The molecule has 3 nitrogen and oxygen atoms in total. The second-order valence-electron chi connectivity index (χ2n) is 1.05. The van der Waals surface area contributed by atoms with Crippen LogP contribution < -0.4 is 11.6 Å². The number of nitrogens with two attached hydrogens (primary N) is 2. The third-order valence-electron chi connectivity index (χ3n) is 0.486. The molecule has 0 aliphatic rings. The Balaban J connectivity index is 3.58. The lowest BCUT2D eigenvalue weighted by Crippen LogP contribution is -2.09. The summed E-state index contributed by atoms with van der Waals surface area (Å²) in [5.41, 5.74) is 5.12. The number of hydrazone groups is 1. The van der Waals surface area contributed by atoms with Crippen molar-refractivity contribution < 1.29 is 0 Å². The fraction of sp³-hybridized carbons (Fsp3) is 0.250. The van der Waals surface area contributed by atoms with E-state index in [0.717, 1.165) is 0 Å². The zero-order chi connectivity index (χ0) is 5.70. The summed E-state index contributed by atoms with van der Waals surface area (Å²) in [5, 5.41) is 3.19. The topological polar surface area (TPSA) is 64.4 Å². The van der Waals surface area contributed by atoms with Crippen LogP contribution in [0.3, 0.4) is 0 Å².